The zero-order valence-corrected chi connectivity index (χ0v) is 7.85. The number of rotatable bonds is 1. The fourth-order valence-electron chi connectivity index (χ4n) is 1.17. The summed E-state index contributed by atoms with van der Waals surface area (Å²) in [4.78, 5) is 0. The van der Waals surface area contributed by atoms with Gasteiger partial charge in [-0.3, -0.25) is 5.10 Å². The van der Waals surface area contributed by atoms with Crippen molar-refractivity contribution in [3.05, 3.63) is 35.1 Å². The Kier molecular flexibility index (Phi) is 2.13. The lowest BCUT2D eigenvalue weighted by Crippen LogP contribution is -1.84. The third-order valence-electron chi connectivity index (χ3n) is 1.80. The molecule has 0 unspecified atom stereocenters. The molecule has 0 atom stereocenters. The second kappa shape index (κ2) is 3.31. The van der Waals surface area contributed by atoms with Crippen LogP contribution in [-0.4, -0.2) is 10.2 Å². The molecule has 0 aliphatic carbocycles. The van der Waals surface area contributed by atoms with Gasteiger partial charge in [-0.15, -0.1) is 0 Å². The van der Waals surface area contributed by atoms with Gasteiger partial charge in [-0.05, 0) is 18.2 Å². The average Bonchev–Trinajstić information content (AvgIpc) is 2.51. The summed E-state index contributed by atoms with van der Waals surface area (Å²) in [5, 5.41) is 6.74. The van der Waals surface area contributed by atoms with Crippen LogP contribution in [0.3, 0.4) is 0 Å². The van der Waals surface area contributed by atoms with E-state index in [9.17, 15) is 4.39 Å². The second-order valence-corrected chi connectivity index (χ2v) is 3.27. The topological polar surface area (TPSA) is 54.7 Å². The van der Waals surface area contributed by atoms with E-state index < -0.39 is 5.82 Å². The summed E-state index contributed by atoms with van der Waals surface area (Å²) in [6, 6.07) is 5.96. The van der Waals surface area contributed by atoms with Gasteiger partial charge in [0.25, 0.3) is 0 Å². The molecule has 2 aromatic rings. The van der Waals surface area contributed by atoms with Crippen molar-refractivity contribution in [3.8, 4) is 11.3 Å². The van der Waals surface area contributed by atoms with Crippen LogP contribution in [0.25, 0.3) is 11.3 Å². The lowest BCUT2D eigenvalue weighted by atomic mass is 10.1. The number of benzene rings is 1. The van der Waals surface area contributed by atoms with E-state index in [2.05, 4.69) is 10.2 Å². The number of hydrogen-bond donors (Lipinski definition) is 2. The number of nitrogens with two attached hydrogens (primary N) is 1. The highest BCUT2D eigenvalue weighted by molar-refractivity contribution is 6.30. The number of aromatic nitrogens is 2. The van der Waals surface area contributed by atoms with Crippen LogP contribution in [0.4, 0.5) is 10.2 Å². The average molecular weight is 212 g/mol. The summed E-state index contributed by atoms with van der Waals surface area (Å²) >= 11 is 5.62. The molecule has 0 fully saturated rings. The molecule has 0 spiro atoms. The molecule has 0 amide bonds. The van der Waals surface area contributed by atoms with Crippen molar-refractivity contribution in [2.75, 3.05) is 5.73 Å². The van der Waals surface area contributed by atoms with Gasteiger partial charge in [0.1, 0.15) is 11.6 Å². The molecule has 0 aliphatic rings. The summed E-state index contributed by atoms with van der Waals surface area (Å²) in [7, 11) is 0. The maximum atomic E-state index is 13.4. The van der Waals surface area contributed by atoms with E-state index in [1.807, 2.05) is 0 Å². The SMILES string of the molecule is Nc1cc(-c2ccc(Cl)cc2F)n[nH]1. The van der Waals surface area contributed by atoms with Crippen molar-refractivity contribution < 1.29 is 4.39 Å². The fraction of sp³-hybridized carbons (Fsp3) is 0. The Bertz CT molecular complexity index is 467. The molecule has 0 radical (unpaired) electrons. The smallest absolute Gasteiger partial charge is 0.134 e. The minimum atomic E-state index is -0.413. The van der Waals surface area contributed by atoms with Crippen molar-refractivity contribution in [1.29, 1.82) is 0 Å². The van der Waals surface area contributed by atoms with Gasteiger partial charge in [-0.1, -0.05) is 11.6 Å². The van der Waals surface area contributed by atoms with Crippen molar-refractivity contribution >= 4 is 17.4 Å². The van der Waals surface area contributed by atoms with E-state index >= 15 is 0 Å². The molecule has 3 N–H and O–H groups in total. The molecule has 0 saturated heterocycles. The van der Waals surface area contributed by atoms with Gasteiger partial charge in [0, 0.05) is 16.7 Å². The maximum absolute atomic E-state index is 13.4. The van der Waals surface area contributed by atoms with Crippen LogP contribution in [0.5, 0.6) is 0 Å². The summed E-state index contributed by atoms with van der Waals surface area (Å²) in [6.45, 7) is 0. The van der Waals surface area contributed by atoms with E-state index in [0.29, 0.717) is 22.1 Å². The third-order valence-corrected chi connectivity index (χ3v) is 2.04. The first kappa shape index (κ1) is 9.02. The summed E-state index contributed by atoms with van der Waals surface area (Å²) < 4.78 is 13.4. The van der Waals surface area contributed by atoms with E-state index in [1.54, 1.807) is 18.2 Å². The summed E-state index contributed by atoms with van der Waals surface area (Å²) in [5.74, 6) is -0.0154. The molecule has 1 aromatic heterocycles. The Labute approximate surface area is 84.7 Å². The second-order valence-electron chi connectivity index (χ2n) is 2.83. The van der Waals surface area contributed by atoms with Gasteiger partial charge < -0.3 is 5.73 Å². The van der Waals surface area contributed by atoms with Gasteiger partial charge in [-0.25, -0.2) is 4.39 Å². The Morgan fingerprint density at radius 3 is 2.71 bits per heavy atom. The van der Waals surface area contributed by atoms with Crippen LogP contribution < -0.4 is 5.73 Å². The molecule has 3 nitrogen and oxygen atoms in total. The molecule has 0 aliphatic heterocycles. The molecule has 72 valence electrons. The number of nitrogens with one attached hydrogen (secondary N) is 1. The van der Waals surface area contributed by atoms with Crippen LogP contribution in [-0.2, 0) is 0 Å². The highest BCUT2D eigenvalue weighted by Gasteiger charge is 2.08. The van der Waals surface area contributed by atoms with Crippen molar-refractivity contribution in [2.24, 2.45) is 0 Å². The zero-order chi connectivity index (χ0) is 10.1. The first-order valence-electron chi connectivity index (χ1n) is 3.93. The van der Waals surface area contributed by atoms with E-state index in [-0.39, 0.29) is 0 Å². The van der Waals surface area contributed by atoms with Gasteiger partial charge in [0.05, 0.1) is 5.69 Å². The Balaban J connectivity index is 2.52. The predicted molar refractivity (Wildman–Crippen MR) is 53.4 cm³/mol. The number of aromatic amines is 1. The lowest BCUT2D eigenvalue weighted by Gasteiger charge is -1.98. The monoisotopic (exact) mass is 211 g/mol. The van der Waals surface area contributed by atoms with Gasteiger partial charge >= 0.3 is 0 Å². The molecule has 2 rings (SSSR count). The molecule has 0 saturated carbocycles. The molecular formula is C9H7ClFN3. The first-order valence-corrected chi connectivity index (χ1v) is 4.31. The van der Waals surface area contributed by atoms with Gasteiger partial charge in [0.15, 0.2) is 0 Å². The summed E-state index contributed by atoms with van der Waals surface area (Å²) in [5.41, 5.74) is 6.28. The minimum Gasteiger partial charge on any atom is -0.384 e. The summed E-state index contributed by atoms with van der Waals surface area (Å²) in [6.07, 6.45) is 0. The van der Waals surface area contributed by atoms with E-state index in [4.69, 9.17) is 17.3 Å². The minimum absolute atomic E-state index is 0.356. The van der Waals surface area contributed by atoms with E-state index in [0.717, 1.165) is 0 Å². The van der Waals surface area contributed by atoms with Crippen LogP contribution in [0.1, 0.15) is 0 Å². The molecular weight excluding hydrogens is 205 g/mol. The molecule has 14 heavy (non-hydrogen) atoms. The van der Waals surface area contributed by atoms with Crippen LogP contribution in [0.2, 0.25) is 5.02 Å². The largest absolute Gasteiger partial charge is 0.384 e. The van der Waals surface area contributed by atoms with Gasteiger partial charge in [0.2, 0.25) is 0 Å². The Hall–Kier alpha value is -1.55. The zero-order valence-electron chi connectivity index (χ0n) is 7.09. The Morgan fingerprint density at radius 2 is 2.14 bits per heavy atom. The highest BCUT2D eigenvalue weighted by Crippen LogP contribution is 2.24. The number of nitrogens with zero attached hydrogens (tertiary/aromatic N) is 1. The van der Waals surface area contributed by atoms with Gasteiger partial charge in [-0.2, -0.15) is 5.10 Å². The van der Waals surface area contributed by atoms with Crippen LogP contribution >= 0.6 is 11.6 Å². The molecule has 1 aromatic carbocycles. The standard InChI is InChI=1S/C9H7ClFN3/c10-5-1-2-6(7(11)3-5)8-4-9(12)14-13-8/h1-4H,(H3,12,13,14). The molecule has 0 bridgehead atoms. The molecule has 1 heterocycles. The number of hydrogen-bond acceptors (Lipinski definition) is 2. The van der Waals surface area contributed by atoms with Crippen molar-refractivity contribution in [1.82, 2.24) is 10.2 Å². The highest BCUT2D eigenvalue weighted by atomic mass is 35.5. The third kappa shape index (κ3) is 1.56. The quantitative estimate of drug-likeness (QED) is 0.761. The van der Waals surface area contributed by atoms with E-state index in [1.165, 1.54) is 6.07 Å². The molecule has 5 heteroatoms. The van der Waals surface area contributed by atoms with Crippen molar-refractivity contribution in [3.63, 3.8) is 0 Å². The van der Waals surface area contributed by atoms with Crippen molar-refractivity contribution in [2.45, 2.75) is 0 Å². The predicted octanol–water partition coefficient (Wildman–Crippen LogP) is 2.45. The van der Waals surface area contributed by atoms with Crippen LogP contribution in [0, 0.1) is 5.82 Å². The number of H-pyrrole nitrogens is 1. The number of anilines is 1. The first-order chi connectivity index (χ1) is 6.66. The number of nitrogen functional groups attached to an aromatic ring is 1. The lowest BCUT2D eigenvalue weighted by molar-refractivity contribution is 0.630. The number of halogens is 2. The maximum Gasteiger partial charge on any atom is 0.134 e. The van der Waals surface area contributed by atoms with Crippen LogP contribution in [0.15, 0.2) is 24.3 Å². The fourth-order valence-corrected chi connectivity index (χ4v) is 1.33. The normalized spacial score (nSPS) is 10.4. The Morgan fingerprint density at radius 1 is 1.36 bits per heavy atom.